The Hall–Kier alpha value is -2.82. The van der Waals surface area contributed by atoms with Crippen LogP contribution in [-0.2, 0) is 0 Å². The van der Waals surface area contributed by atoms with Crippen molar-refractivity contribution in [3.8, 4) is 5.75 Å². The summed E-state index contributed by atoms with van der Waals surface area (Å²) in [7, 11) is 0. The molecule has 2 aliphatic heterocycles. The first kappa shape index (κ1) is 20.9. The molecule has 11 heteroatoms. The Morgan fingerprint density at radius 1 is 0.793 bits per heavy atom. The zero-order valence-corrected chi connectivity index (χ0v) is 15.9. The normalized spacial score (nSPS) is 25.9. The van der Waals surface area contributed by atoms with Gasteiger partial charge in [-0.05, 0) is 63.5 Å². The van der Waals surface area contributed by atoms with Crippen molar-refractivity contribution in [1.29, 1.82) is 0 Å². The van der Waals surface area contributed by atoms with Crippen LogP contribution in [0.3, 0.4) is 0 Å². The topological polar surface area (TPSA) is 153 Å². The van der Waals surface area contributed by atoms with E-state index in [9.17, 15) is 30.3 Å². The molecule has 1 aliphatic carbocycles. The fourth-order valence-corrected chi connectivity index (χ4v) is 5.09. The summed E-state index contributed by atoms with van der Waals surface area (Å²) in [6.07, 6.45) is 10.6. The van der Waals surface area contributed by atoms with Crippen LogP contribution in [0.2, 0.25) is 0 Å². The molecule has 3 aliphatic rings. The summed E-state index contributed by atoms with van der Waals surface area (Å²) >= 11 is 0. The van der Waals surface area contributed by atoms with Gasteiger partial charge in [-0.1, -0.05) is 6.42 Å². The van der Waals surface area contributed by atoms with Crippen LogP contribution in [0.25, 0.3) is 0 Å². The van der Waals surface area contributed by atoms with Crippen LogP contribution >= 0.6 is 0 Å². The Balaban J connectivity index is 0.000000168. The van der Waals surface area contributed by atoms with E-state index in [0.29, 0.717) is 12.1 Å². The predicted molar refractivity (Wildman–Crippen MR) is 103 cm³/mol. The smallest absolute Gasteiger partial charge is 0.324 e. The highest BCUT2D eigenvalue weighted by Crippen LogP contribution is 2.43. The van der Waals surface area contributed by atoms with E-state index in [2.05, 4.69) is 4.90 Å². The molecule has 0 radical (unpaired) electrons. The number of phenols is 1. The maximum absolute atomic E-state index is 10.4. The van der Waals surface area contributed by atoms with Crippen LogP contribution < -0.4 is 0 Å². The maximum atomic E-state index is 10.4. The third-order valence-corrected chi connectivity index (χ3v) is 6.24. The van der Waals surface area contributed by atoms with E-state index in [0.717, 1.165) is 17.9 Å². The van der Waals surface area contributed by atoms with E-state index >= 15 is 0 Å². The lowest BCUT2D eigenvalue weighted by Gasteiger charge is -2.51. The van der Waals surface area contributed by atoms with Crippen molar-refractivity contribution in [3.05, 3.63) is 42.5 Å². The molecule has 11 nitrogen and oxygen atoms in total. The monoisotopic (exact) mass is 408 g/mol. The highest BCUT2D eigenvalue weighted by Gasteiger charge is 2.40. The largest absolute Gasteiger partial charge is 0.497 e. The van der Waals surface area contributed by atoms with Gasteiger partial charge in [0, 0.05) is 6.04 Å². The van der Waals surface area contributed by atoms with Crippen molar-refractivity contribution in [1.82, 2.24) is 4.90 Å². The summed E-state index contributed by atoms with van der Waals surface area (Å²) in [5, 5.41) is 40.2. The van der Waals surface area contributed by atoms with Crippen molar-refractivity contribution in [2.45, 2.75) is 51.0 Å². The van der Waals surface area contributed by atoms with Gasteiger partial charge in [0.05, 0.1) is 26.9 Å². The van der Waals surface area contributed by atoms with E-state index in [4.69, 9.17) is 5.11 Å². The SMILES string of the molecule is C1C[C@@H]2CCCN3CCC[C@@H](C1)C23.O=[N+]([O-])c1cc([N+](=O)[O-])c(O)c([N+](=O)[O-])c1. The number of piperidine rings is 2. The molecule has 2 atom stereocenters. The predicted octanol–water partition coefficient (Wildman–Crippen LogP) is 3.78. The number of rotatable bonds is 3. The standard InChI is InChI=1S/C12H21N.C6H3N3O7/c1-4-10-6-2-8-13-9-3-7-11(5-1)12(10)13;10-6-4(8(13)14)1-3(7(11)12)2-5(6)9(15)16/h10-12H,1-9H2;1-2,10H/t10-,11-;/m1./s1. The minimum Gasteiger partial charge on any atom is -0.497 e. The van der Waals surface area contributed by atoms with Crippen LogP contribution in [0.1, 0.15) is 44.9 Å². The Labute approximate surface area is 166 Å². The van der Waals surface area contributed by atoms with E-state index < -0.39 is 37.6 Å². The number of nitrogens with zero attached hydrogens (tertiary/aromatic N) is 4. The average Bonchev–Trinajstić information content (AvgIpc) is 2.69. The summed E-state index contributed by atoms with van der Waals surface area (Å²) in [4.78, 5) is 30.6. The molecule has 29 heavy (non-hydrogen) atoms. The van der Waals surface area contributed by atoms with Crippen LogP contribution in [0.4, 0.5) is 17.1 Å². The van der Waals surface area contributed by atoms with Crippen LogP contribution in [-0.4, -0.2) is 43.9 Å². The molecular formula is C18H24N4O7. The van der Waals surface area contributed by atoms with Gasteiger partial charge in [-0.25, -0.2) is 0 Å². The Morgan fingerprint density at radius 2 is 1.24 bits per heavy atom. The number of phenolic OH excluding ortho intramolecular Hbond substituents is 1. The first-order valence-electron chi connectivity index (χ1n) is 9.83. The van der Waals surface area contributed by atoms with Gasteiger partial charge >= 0.3 is 11.4 Å². The molecule has 0 bridgehead atoms. The molecule has 1 aromatic rings. The zero-order chi connectivity index (χ0) is 21.1. The molecule has 1 N–H and O–H groups in total. The minimum atomic E-state index is -1.21. The lowest BCUT2D eigenvalue weighted by atomic mass is 9.69. The first-order chi connectivity index (χ1) is 13.8. The van der Waals surface area contributed by atoms with E-state index in [1.165, 1.54) is 58.0 Å². The molecule has 4 rings (SSSR count). The molecule has 1 aromatic carbocycles. The number of aromatic hydroxyl groups is 1. The van der Waals surface area contributed by atoms with E-state index in [1.807, 2.05) is 0 Å². The van der Waals surface area contributed by atoms with Gasteiger partial charge in [-0.2, -0.15) is 0 Å². The minimum absolute atomic E-state index is 0.447. The molecule has 0 unspecified atom stereocenters. The van der Waals surface area contributed by atoms with Gasteiger partial charge in [-0.15, -0.1) is 0 Å². The molecule has 0 spiro atoms. The molecule has 2 saturated heterocycles. The van der Waals surface area contributed by atoms with Gasteiger partial charge in [0.15, 0.2) is 0 Å². The number of nitro benzene ring substituents is 3. The summed E-state index contributed by atoms with van der Waals surface area (Å²) in [5.41, 5.74) is -3.00. The average molecular weight is 408 g/mol. The number of non-ortho nitro benzene ring substituents is 1. The van der Waals surface area contributed by atoms with Crippen molar-refractivity contribution in [3.63, 3.8) is 0 Å². The molecule has 0 aromatic heterocycles. The fraction of sp³-hybridized carbons (Fsp3) is 0.667. The van der Waals surface area contributed by atoms with Crippen molar-refractivity contribution in [2.75, 3.05) is 13.1 Å². The van der Waals surface area contributed by atoms with Gasteiger partial charge in [0.2, 0.25) is 0 Å². The lowest BCUT2D eigenvalue weighted by Crippen LogP contribution is -2.54. The van der Waals surface area contributed by atoms with Crippen LogP contribution in [0, 0.1) is 42.2 Å². The second kappa shape index (κ2) is 8.68. The van der Waals surface area contributed by atoms with E-state index in [-0.39, 0.29) is 0 Å². The van der Waals surface area contributed by atoms with Gasteiger partial charge in [0.1, 0.15) is 0 Å². The first-order valence-corrected chi connectivity index (χ1v) is 9.83. The number of benzene rings is 1. The second-order valence-electron chi connectivity index (χ2n) is 7.87. The summed E-state index contributed by atoms with van der Waals surface area (Å²) in [6, 6.07) is 1.92. The molecular weight excluding hydrogens is 384 g/mol. The van der Waals surface area contributed by atoms with E-state index in [1.54, 1.807) is 0 Å². The van der Waals surface area contributed by atoms with Crippen LogP contribution in [0.15, 0.2) is 12.1 Å². The molecule has 3 fully saturated rings. The summed E-state index contributed by atoms with van der Waals surface area (Å²) < 4.78 is 0. The molecule has 158 valence electrons. The fourth-order valence-electron chi connectivity index (χ4n) is 5.09. The van der Waals surface area contributed by atoms with Gasteiger partial charge in [0.25, 0.3) is 11.4 Å². The third-order valence-electron chi connectivity index (χ3n) is 6.24. The lowest BCUT2D eigenvalue weighted by molar-refractivity contribution is -0.404. The Morgan fingerprint density at radius 3 is 1.66 bits per heavy atom. The third kappa shape index (κ3) is 4.44. The maximum Gasteiger partial charge on any atom is 0.324 e. The van der Waals surface area contributed by atoms with Crippen molar-refractivity contribution < 1.29 is 19.9 Å². The number of hydrogen-bond donors (Lipinski definition) is 1. The summed E-state index contributed by atoms with van der Waals surface area (Å²) in [6.45, 7) is 2.83. The molecule has 0 amide bonds. The highest BCUT2D eigenvalue weighted by atomic mass is 16.6. The Bertz CT molecular complexity index is 735. The highest BCUT2D eigenvalue weighted by molar-refractivity contribution is 5.64. The van der Waals surface area contributed by atoms with Crippen molar-refractivity contribution >= 4 is 17.1 Å². The molecule has 2 heterocycles. The zero-order valence-electron chi connectivity index (χ0n) is 15.9. The quantitative estimate of drug-likeness (QED) is 0.585. The Kier molecular flexibility index (Phi) is 6.26. The van der Waals surface area contributed by atoms with Crippen molar-refractivity contribution in [2.24, 2.45) is 11.8 Å². The van der Waals surface area contributed by atoms with Gasteiger partial charge in [-0.3, -0.25) is 35.2 Å². The van der Waals surface area contributed by atoms with Gasteiger partial charge < -0.3 is 5.11 Å². The summed E-state index contributed by atoms with van der Waals surface area (Å²) in [5.74, 6) is 0.973. The van der Waals surface area contributed by atoms with Crippen LogP contribution in [0.5, 0.6) is 5.75 Å². The number of hydrogen-bond acceptors (Lipinski definition) is 8. The number of nitro groups is 3. The second-order valence-corrected chi connectivity index (χ2v) is 7.87. The molecule has 1 saturated carbocycles.